The minimum atomic E-state index is -0.339. The smallest absolute Gasteiger partial charge is 0.128 e. The molecule has 0 saturated carbocycles. The van der Waals surface area contributed by atoms with Crippen LogP contribution in [0.25, 0.3) is 0 Å². The second-order valence-electron chi connectivity index (χ2n) is 3.68. The van der Waals surface area contributed by atoms with Crippen molar-refractivity contribution in [1.29, 1.82) is 5.26 Å². The second-order valence-corrected chi connectivity index (χ2v) is 3.68. The summed E-state index contributed by atoms with van der Waals surface area (Å²) in [6.45, 7) is 6.37. The molecular weight excluding hydrogens is 205 g/mol. The van der Waals surface area contributed by atoms with Crippen LogP contribution in [0.2, 0.25) is 0 Å². The lowest BCUT2D eigenvalue weighted by Crippen LogP contribution is -1.99. The van der Waals surface area contributed by atoms with E-state index in [0.29, 0.717) is 17.7 Å². The van der Waals surface area contributed by atoms with Crippen LogP contribution in [0.5, 0.6) is 0 Å². The summed E-state index contributed by atoms with van der Waals surface area (Å²) < 4.78 is 18.6. The average Bonchev–Trinajstić information content (AvgIpc) is 2.26. The highest BCUT2D eigenvalue weighted by atomic mass is 19.1. The lowest BCUT2D eigenvalue weighted by molar-refractivity contribution is 0.121. The third kappa shape index (κ3) is 3.84. The monoisotopic (exact) mass is 219 g/mol. The molecule has 84 valence electrons. The third-order valence-corrected chi connectivity index (χ3v) is 2.11. The van der Waals surface area contributed by atoms with Gasteiger partial charge >= 0.3 is 0 Å². The van der Waals surface area contributed by atoms with E-state index in [4.69, 9.17) is 10.00 Å². The first-order valence-electron chi connectivity index (χ1n) is 5.04. The highest BCUT2D eigenvalue weighted by Gasteiger charge is 2.03. The first kappa shape index (κ1) is 12.4. The van der Waals surface area contributed by atoms with Crippen LogP contribution in [-0.4, -0.2) is 6.61 Å². The summed E-state index contributed by atoms with van der Waals surface area (Å²) in [6, 6.07) is 6.22. The molecule has 1 rings (SSSR count). The average molecular weight is 219 g/mol. The lowest BCUT2D eigenvalue weighted by Gasteiger charge is -2.05. The molecule has 0 fully saturated rings. The van der Waals surface area contributed by atoms with Crippen LogP contribution in [0, 0.1) is 17.1 Å². The van der Waals surface area contributed by atoms with Crippen molar-refractivity contribution in [3.05, 3.63) is 47.3 Å². The minimum Gasteiger partial charge on any atom is -0.376 e. The Bertz CT molecular complexity index is 420. The van der Waals surface area contributed by atoms with Gasteiger partial charge in [-0.3, -0.25) is 0 Å². The molecular formula is C13H14FNO. The van der Waals surface area contributed by atoms with Gasteiger partial charge in [-0.1, -0.05) is 5.57 Å². The molecule has 2 nitrogen and oxygen atoms in total. The van der Waals surface area contributed by atoms with Gasteiger partial charge in [0.2, 0.25) is 0 Å². The van der Waals surface area contributed by atoms with Gasteiger partial charge in [-0.2, -0.15) is 5.26 Å². The molecule has 0 aromatic heterocycles. The first-order chi connectivity index (χ1) is 7.63. The van der Waals surface area contributed by atoms with Crippen LogP contribution in [-0.2, 0) is 11.3 Å². The summed E-state index contributed by atoms with van der Waals surface area (Å²) in [5.41, 5.74) is 1.90. The van der Waals surface area contributed by atoms with Crippen molar-refractivity contribution in [3.8, 4) is 6.07 Å². The van der Waals surface area contributed by atoms with Crippen molar-refractivity contribution in [2.24, 2.45) is 0 Å². The summed E-state index contributed by atoms with van der Waals surface area (Å²) in [4.78, 5) is 0. The molecule has 0 spiro atoms. The topological polar surface area (TPSA) is 33.0 Å². The Morgan fingerprint density at radius 2 is 2.31 bits per heavy atom. The fourth-order valence-electron chi connectivity index (χ4n) is 1.18. The van der Waals surface area contributed by atoms with Gasteiger partial charge in [0.05, 0.1) is 24.8 Å². The first-order valence-corrected chi connectivity index (χ1v) is 5.04. The van der Waals surface area contributed by atoms with Gasteiger partial charge < -0.3 is 4.74 Å². The van der Waals surface area contributed by atoms with Gasteiger partial charge in [-0.05, 0) is 31.5 Å². The van der Waals surface area contributed by atoms with Crippen LogP contribution < -0.4 is 0 Å². The van der Waals surface area contributed by atoms with Crippen LogP contribution in [0.4, 0.5) is 4.39 Å². The molecule has 0 atom stereocenters. The molecule has 1 aromatic rings. The predicted octanol–water partition coefficient (Wildman–Crippen LogP) is 3.18. The Hall–Kier alpha value is -1.66. The third-order valence-electron chi connectivity index (χ3n) is 2.11. The maximum atomic E-state index is 13.3. The van der Waals surface area contributed by atoms with E-state index in [2.05, 4.69) is 6.58 Å². The number of benzene rings is 1. The Morgan fingerprint density at radius 1 is 1.56 bits per heavy atom. The number of nitrogens with zero attached hydrogens (tertiary/aromatic N) is 1. The molecule has 0 bridgehead atoms. The molecule has 1 aromatic carbocycles. The maximum Gasteiger partial charge on any atom is 0.128 e. The van der Waals surface area contributed by atoms with E-state index < -0.39 is 0 Å². The molecule has 0 unspecified atom stereocenters. The fourth-order valence-corrected chi connectivity index (χ4v) is 1.18. The van der Waals surface area contributed by atoms with Crippen LogP contribution >= 0.6 is 0 Å². The number of ether oxygens (including phenoxy) is 1. The van der Waals surface area contributed by atoms with Crippen LogP contribution in [0.15, 0.2) is 30.4 Å². The van der Waals surface area contributed by atoms with Crippen molar-refractivity contribution < 1.29 is 9.13 Å². The van der Waals surface area contributed by atoms with E-state index in [-0.39, 0.29) is 12.4 Å². The lowest BCUT2D eigenvalue weighted by atomic mass is 10.1. The van der Waals surface area contributed by atoms with Crippen molar-refractivity contribution in [2.75, 3.05) is 6.61 Å². The highest BCUT2D eigenvalue weighted by molar-refractivity contribution is 5.33. The van der Waals surface area contributed by atoms with E-state index in [1.165, 1.54) is 18.2 Å². The molecule has 0 aliphatic rings. The van der Waals surface area contributed by atoms with E-state index in [9.17, 15) is 4.39 Å². The van der Waals surface area contributed by atoms with Crippen LogP contribution in [0.3, 0.4) is 0 Å². The summed E-state index contributed by atoms with van der Waals surface area (Å²) in [7, 11) is 0. The van der Waals surface area contributed by atoms with Crippen molar-refractivity contribution in [3.63, 3.8) is 0 Å². The van der Waals surface area contributed by atoms with E-state index in [1.807, 2.05) is 13.0 Å². The molecule has 0 aliphatic carbocycles. The SMILES string of the molecule is C=C(C)CCOCc1cc(C#N)ccc1F. The minimum absolute atomic E-state index is 0.189. The van der Waals surface area contributed by atoms with Gasteiger partial charge in [0, 0.05) is 5.56 Å². The molecule has 0 amide bonds. The summed E-state index contributed by atoms with van der Waals surface area (Å²) >= 11 is 0. The van der Waals surface area contributed by atoms with Gasteiger partial charge in [-0.15, -0.1) is 6.58 Å². The van der Waals surface area contributed by atoms with Gasteiger partial charge in [0.15, 0.2) is 0 Å². The molecule has 0 radical (unpaired) electrons. The van der Waals surface area contributed by atoms with Gasteiger partial charge in [0.1, 0.15) is 5.82 Å². The quantitative estimate of drug-likeness (QED) is 0.563. The van der Waals surface area contributed by atoms with Gasteiger partial charge in [0.25, 0.3) is 0 Å². The fraction of sp³-hybridized carbons (Fsp3) is 0.308. The number of hydrogen-bond acceptors (Lipinski definition) is 2. The molecule has 0 saturated heterocycles. The molecule has 16 heavy (non-hydrogen) atoms. The predicted molar refractivity (Wildman–Crippen MR) is 60.2 cm³/mol. The normalized spacial score (nSPS) is 9.81. The summed E-state index contributed by atoms with van der Waals surface area (Å²) in [5, 5.41) is 8.67. The highest BCUT2D eigenvalue weighted by Crippen LogP contribution is 2.11. The summed E-state index contributed by atoms with van der Waals surface area (Å²) in [6.07, 6.45) is 0.763. The van der Waals surface area contributed by atoms with Gasteiger partial charge in [-0.25, -0.2) is 4.39 Å². The van der Waals surface area contributed by atoms with E-state index >= 15 is 0 Å². The maximum absolute atomic E-state index is 13.3. The summed E-state index contributed by atoms with van der Waals surface area (Å²) in [5.74, 6) is -0.339. The van der Waals surface area contributed by atoms with Crippen molar-refractivity contribution in [1.82, 2.24) is 0 Å². The Balaban J connectivity index is 2.53. The largest absolute Gasteiger partial charge is 0.376 e. The zero-order valence-electron chi connectivity index (χ0n) is 9.29. The Morgan fingerprint density at radius 3 is 2.94 bits per heavy atom. The Kier molecular flexibility index (Phi) is 4.68. The van der Waals surface area contributed by atoms with E-state index in [1.54, 1.807) is 0 Å². The van der Waals surface area contributed by atoms with E-state index in [0.717, 1.165) is 12.0 Å². The second kappa shape index (κ2) is 6.04. The molecule has 0 N–H and O–H groups in total. The number of halogens is 1. The number of rotatable bonds is 5. The van der Waals surface area contributed by atoms with Crippen molar-refractivity contribution >= 4 is 0 Å². The Labute approximate surface area is 95.0 Å². The zero-order chi connectivity index (χ0) is 12.0. The van der Waals surface area contributed by atoms with Crippen molar-refractivity contribution in [2.45, 2.75) is 20.0 Å². The molecule has 0 aliphatic heterocycles. The standard InChI is InChI=1S/C13H14FNO/c1-10(2)5-6-16-9-12-7-11(8-15)3-4-13(12)14/h3-4,7H,1,5-6,9H2,2H3. The zero-order valence-corrected chi connectivity index (χ0v) is 9.29. The number of nitriles is 1. The number of hydrogen-bond donors (Lipinski definition) is 0. The van der Waals surface area contributed by atoms with Crippen LogP contribution in [0.1, 0.15) is 24.5 Å². The molecule has 3 heteroatoms. The molecule has 0 heterocycles.